The van der Waals surface area contributed by atoms with E-state index in [4.69, 9.17) is 9.47 Å². The van der Waals surface area contributed by atoms with Gasteiger partial charge in [0.15, 0.2) is 0 Å². The van der Waals surface area contributed by atoms with Gasteiger partial charge in [-0.1, -0.05) is 30.3 Å². The Kier molecular flexibility index (Phi) is 5.35. The topological polar surface area (TPSA) is 78.7 Å². The number of hydrogen-bond acceptors (Lipinski definition) is 5. The minimum absolute atomic E-state index is 0.00291. The monoisotopic (exact) mass is 365 g/mol. The summed E-state index contributed by atoms with van der Waals surface area (Å²) in [4.78, 5) is 22.8. The fourth-order valence-corrected chi connectivity index (χ4v) is 2.97. The first kappa shape index (κ1) is 18.4. The van der Waals surface area contributed by atoms with E-state index in [-0.39, 0.29) is 18.3 Å². The second kappa shape index (κ2) is 7.86. The molecule has 0 saturated heterocycles. The summed E-state index contributed by atoms with van der Waals surface area (Å²) in [6, 6.07) is 17.4. The lowest BCUT2D eigenvalue weighted by atomic mass is 9.94. The number of nitro benzene ring substituents is 1. The lowest BCUT2D eigenvalue weighted by Gasteiger charge is -2.16. The number of non-ortho nitro benzene ring substituents is 1. The number of esters is 1. The third-order valence-electron chi connectivity index (χ3n) is 4.49. The summed E-state index contributed by atoms with van der Waals surface area (Å²) < 4.78 is 10.8. The standard InChI is InChI=1S/C21H19NO5/c1-14(17-11-12-20(26-2)19-6-4-3-5-18(17)19)21(23)27-13-15-7-9-16(10-8-15)22(24)25/h3-12,14H,13H2,1-2H3/t14-/m1/s1. The minimum atomic E-state index is -0.466. The molecule has 0 radical (unpaired) electrons. The third kappa shape index (κ3) is 3.89. The first-order chi connectivity index (χ1) is 13.0. The van der Waals surface area contributed by atoms with Crippen LogP contribution in [0.1, 0.15) is 24.0 Å². The van der Waals surface area contributed by atoms with E-state index in [1.54, 1.807) is 26.2 Å². The number of carbonyl (C=O) groups excluding carboxylic acids is 1. The maximum Gasteiger partial charge on any atom is 0.313 e. The Labute approximate surface area is 156 Å². The van der Waals surface area contributed by atoms with E-state index >= 15 is 0 Å². The van der Waals surface area contributed by atoms with Crippen LogP contribution >= 0.6 is 0 Å². The first-order valence-corrected chi connectivity index (χ1v) is 8.47. The molecule has 3 aromatic rings. The zero-order chi connectivity index (χ0) is 19.4. The molecule has 0 unspecified atom stereocenters. The summed E-state index contributed by atoms with van der Waals surface area (Å²) in [5, 5.41) is 12.6. The Balaban J connectivity index is 1.76. The van der Waals surface area contributed by atoms with E-state index in [0.717, 1.165) is 22.1 Å². The summed E-state index contributed by atoms with van der Waals surface area (Å²) in [7, 11) is 1.61. The first-order valence-electron chi connectivity index (χ1n) is 8.47. The Morgan fingerprint density at radius 3 is 2.33 bits per heavy atom. The molecule has 138 valence electrons. The van der Waals surface area contributed by atoms with E-state index in [1.165, 1.54) is 12.1 Å². The van der Waals surface area contributed by atoms with Crippen LogP contribution in [-0.4, -0.2) is 18.0 Å². The zero-order valence-electron chi connectivity index (χ0n) is 15.0. The molecule has 27 heavy (non-hydrogen) atoms. The van der Waals surface area contributed by atoms with Crippen LogP contribution in [0.25, 0.3) is 10.8 Å². The molecule has 0 aliphatic rings. The fourth-order valence-electron chi connectivity index (χ4n) is 2.97. The van der Waals surface area contributed by atoms with Gasteiger partial charge in [-0.3, -0.25) is 14.9 Å². The van der Waals surface area contributed by atoms with Crippen LogP contribution in [0.4, 0.5) is 5.69 Å². The van der Waals surface area contributed by atoms with Gasteiger partial charge in [-0.2, -0.15) is 0 Å². The normalized spacial score (nSPS) is 11.8. The van der Waals surface area contributed by atoms with Crippen LogP contribution in [0, 0.1) is 10.1 Å². The molecule has 3 rings (SSSR count). The molecule has 3 aromatic carbocycles. The predicted molar refractivity (Wildman–Crippen MR) is 102 cm³/mol. The van der Waals surface area contributed by atoms with Crippen molar-refractivity contribution in [2.45, 2.75) is 19.4 Å². The molecule has 6 heteroatoms. The Morgan fingerprint density at radius 2 is 1.70 bits per heavy atom. The molecular formula is C21H19NO5. The number of benzene rings is 3. The van der Waals surface area contributed by atoms with Gasteiger partial charge >= 0.3 is 5.97 Å². The van der Waals surface area contributed by atoms with Crippen LogP contribution in [0.5, 0.6) is 5.75 Å². The number of hydrogen-bond donors (Lipinski definition) is 0. The number of fused-ring (bicyclic) bond motifs is 1. The van der Waals surface area contributed by atoms with Crippen molar-refractivity contribution in [1.82, 2.24) is 0 Å². The number of nitro groups is 1. The van der Waals surface area contributed by atoms with Crippen LogP contribution in [0.3, 0.4) is 0 Å². The molecule has 1 atom stereocenters. The van der Waals surface area contributed by atoms with Crippen molar-refractivity contribution < 1.29 is 19.2 Å². The summed E-state index contributed by atoms with van der Waals surface area (Å²) >= 11 is 0. The molecule has 0 amide bonds. The van der Waals surface area contributed by atoms with Crippen LogP contribution in [0.2, 0.25) is 0 Å². The van der Waals surface area contributed by atoms with Gasteiger partial charge in [0.1, 0.15) is 12.4 Å². The third-order valence-corrected chi connectivity index (χ3v) is 4.49. The molecule has 0 aromatic heterocycles. The van der Waals surface area contributed by atoms with E-state index in [9.17, 15) is 14.9 Å². The van der Waals surface area contributed by atoms with E-state index in [1.807, 2.05) is 36.4 Å². The largest absolute Gasteiger partial charge is 0.496 e. The highest BCUT2D eigenvalue weighted by Crippen LogP contribution is 2.32. The molecular weight excluding hydrogens is 346 g/mol. The average Bonchev–Trinajstić information content (AvgIpc) is 2.70. The van der Waals surface area contributed by atoms with Gasteiger partial charge in [0.05, 0.1) is 18.0 Å². The van der Waals surface area contributed by atoms with Crippen molar-refractivity contribution in [2.24, 2.45) is 0 Å². The van der Waals surface area contributed by atoms with Gasteiger partial charge in [0.25, 0.3) is 5.69 Å². The Hall–Kier alpha value is -3.41. The highest BCUT2D eigenvalue weighted by molar-refractivity contribution is 5.94. The summed E-state index contributed by atoms with van der Waals surface area (Å²) in [6.45, 7) is 1.86. The fraction of sp³-hybridized carbons (Fsp3) is 0.190. The van der Waals surface area contributed by atoms with E-state index in [0.29, 0.717) is 5.56 Å². The smallest absolute Gasteiger partial charge is 0.313 e. The van der Waals surface area contributed by atoms with Crippen LogP contribution < -0.4 is 4.74 Å². The maximum absolute atomic E-state index is 12.5. The maximum atomic E-state index is 12.5. The average molecular weight is 365 g/mol. The SMILES string of the molecule is COc1ccc([C@@H](C)C(=O)OCc2ccc([N+](=O)[O-])cc2)c2ccccc12. The number of rotatable bonds is 6. The lowest BCUT2D eigenvalue weighted by molar-refractivity contribution is -0.384. The molecule has 0 aliphatic heterocycles. The second-order valence-electron chi connectivity index (χ2n) is 6.16. The summed E-state index contributed by atoms with van der Waals surface area (Å²) in [5.41, 5.74) is 1.56. The van der Waals surface area contributed by atoms with Crippen molar-refractivity contribution >= 4 is 22.4 Å². The second-order valence-corrected chi connectivity index (χ2v) is 6.16. The van der Waals surface area contributed by atoms with Crippen LogP contribution in [0.15, 0.2) is 60.7 Å². The van der Waals surface area contributed by atoms with Crippen LogP contribution in [-0.2, 0) is 16.1 Å². The zero-order valence-corrected chi connectivity index (χ0v) is 15.0. The van der Waals surface area contributed by atoms with Crippen molar-refractivity contribution in [3.8, 4) is 5.75 Å². The van der Waals surface area contributed by atoms with Crippen molar-refractivity contribution in [2.75, 3.05) is 7.11 Å². The van der Waals surface area contributed by atoms with Gasteiger partial charge in [-0.15, -0.1) is 0 Å². The minimum Gasteiger partial charge on any atom is -0.496 e. The molecule has 0 saturated carbocycles. The molecule has 0 bridgehead atoms. The van der Waals surface area contributed by atoms with E-state index < -0.39 is 10.8 Å². The molecule has 0 spiro atoms. The summed E-state index contributed by atoms with van der Waals surface area (Å²) in [5.74, 6) is -0.0664. The van der Waals surface area contributed by atoms with E-state index in [2.05, 4.69) is 0 Å². The number of nitrogens with zero attached hydrogens (tertiary/aromatic N) is 1. The number of ether oxygens (including phenoxy) is 2. The van der Waals surface area contributed by atoms with Gasteiger partial charge < -0.3 is 9.47 Å². The molecule has 0 aliphatic carbocycles. The Bertz CT molecular complexity index is 982. The number of methoxy groups -OCH3 is 1. The van der Waals surface area contributed by atoms with Crippen molar-refractivity contribution in [1.29, 1.82) is 0 Å². The van der Waals surface area contributed by atoms with Gasteiger partial charge in [-0.05, 0) is 41.6 Å². The highest BCUT2D eigenvalue weighted by Gasteiger charge is 2.20. The van der Waals surface area contributed by atoms with Gasteiger partial charge in [0, 0.05) is 17.5 Å². The Morgan fingerprint density at radius 1 is 1.04 bits per heavy atom. The predicted octanol–water partition coefficient (Wildman–Crippen LogP) is 4.60. The summed E-state index contributed by atoms with van der Waals surface area (Å²) in [6.07, 6.45) is 0. The molecule has 6 nitrogen and oxygen atoms in total. The van der Waals surface area contributed by atoms with Crippen molar-refractivity contribution in [3.63, 3.8) is 0 Å². The highest BCUT2D eigenvalue weighted by atomic mass is 16.6. The van der Waals surface area contributed by atoms with Crippen molar-refractivity contribution in [3.05, 3.63) is 81.9 Å². The van der Waals surface area contributed by atoms with Gasteiger partial charge in [-0.25, -0.2) is 0 Å². The lowest BCUT2D eigenvalue weighted by Crippen LogP contribution is -2.13. The quantitative estimate of drug-likeness (QED) is 0.362. The molecule has 0 heterocycles. The number of carbonyl (C=O) groups is 1. The molecule has 0 fully saturated rings. The molecule has 0 N–H and O–H groups in total. The van der Waals surface area contributed by atoms with Gasteiger partial charge in [0.2, 0.25) is 0 Å².